The maximum atomic E-state index is 13.6. The molecule has 2 saturated carbocycles. The van der Waals surface area contributed by atoms with E-state index in [-0.39, 0.29) is 19.1 Å². The fourth-order valence-electron chi connectivity index (χ4n) is 3.92. The number of hydrogen-bond acceptors (Lipinski definition) is 3. The maximum Gasteiger partial charge on any atom is 0.314 e. The van der Waals surface area contributed by atoms with Gasteiger partial charge in [-0.25, -0.2) is 8.78 Å². The SMILES string of the molecule is C.C=CCC1CC12CCC(C(=O)Oc1cc(F)c(C#N)c(F)c1)CC2. The first kappa shape index (κ1) is 19.1. The van der Waals surface area contributed by atoms with E-state index >= 15 is 0 Å². The van der Waals surface area contributed by atoms with Crippen LogP contribution in [0.3, 0.4) is 0 Å². The largest absolute Gasteiger partial charge is 0.426 e. The van der Waals surface area contributed by atoms with Crippen molar-refractivity contribution in [3.63, 3.8) is 0 Å². The monoisotopic (exact) mass is 347 g/mol. The van der Waals surface area contributed by atoms with Crippen LogP contribution in [0.1, 0.15) is 51.5 Å². The molecule has 1 aromatic carbocycles. The van der Waals surface area contributed by atoms with Gasteiger partial charge in [0, 0.05) is 12.1 Å². The molecule has 0 radical (unpaired) electrons. The zero-order valence-electron chi connectivity index (χ0n) is 13.4. The van der Waals surface area contributed by atoms with Crippen molar-refractivity contribution < 1.29 is 18.3 Å². The molecule has 0 saturated heterocycles. The van der Waals surface area contributed by atoms with Gasteiger partial charge in [0.15, 0.2) is 0 Å². The molecule has 1 aromatic rings. The number of allylic oxidation sites excluding steroid dienone is 1. The molecule has 0 aromatic heterocycles. The Morgan fingerprint density at radius 1 is 1.36 bits per heavy atom. The molecule has 2 fully saturated rings. The summed E-state index contributed by atoms with van der Waals surface area (Å²) in [4.78, 5) is 12.2. The van der Waals surface area contributed by atoms with Crippen molar-refractivity contribution in [2.75, 3.05) is 0 Å². The van der Waals surface area contributed by atoms with Crippen LogP contribution in [0.15, 0.2) is 24.8 Å². The Bertz CT molecular complexity index is 692. The van der Waals surface area contributed by atoms with E-state index in [4.69, 9.17) is 10.00 Å². The molecule has 1 spiro atoms. The number of carbonyl (C=O) groups is 1. The maximum absolute atomic E-state index is 13.6. The van der Waals surface area contributed by atoms with Gasteiger partial charge in [0.05, 0.1) is 5.92 Å². The first-order valence-corrected chi connectivity index (χ1v) is 8.21. The van der Waals surface area contributed by atoms with E-state index in [1.807, 2.05) is 6.08 Å². The normalized spacial score (nSPS) is 27.1. The van der Waals surface area contributed by atoms with Gasteiger partial charge in [-0.2, -0.15) is 5.26 Å². The minimum Gasteiger partial charge on any atom is -0.426 e. The number of esters is 1. The van der Waals surface area contributed by atoms with Gasteiger partial charge >= 0.3 is 5.97 Å². The molecule has 2 aliphatic rings. The van der Waals surface area contributed by atoms with Gasteiger partial charge in [-0.1, -0.05) is 13.5 Å². The van der Waals surface area contributed by atoms with Crippen LogP contribution in [0.4, 0.5) is 8.78 Å². The lowest BCUT2D eigenvalue weighted by Gasteiger charge is -2.28. The molecular formula is C20H23F2NO2. The standard InChI is InChI=1S/C19H19F2NO2.CH4/c1-2-3-13-10-19(13)6-4-12(5-7-19)18(23)24-14-8-16(20)15(11-22)17(21)9-14;/h2,8-9,12-13H,1,3-7,10H2;1H4. The quantitative estimate of drug-likeness (QED) is 0.430. The van der Waals surface area contributed by atoms with E-state index in [9.17, 15) is 13.6 Å². The van der Waals surface area contributed by atoms with Crippen LogP contribution in [-0.2, 0) is 4.79 Å². The van der Waals surface area contributed by atoms with Gasteiger partial charge in [0.2, 0.25) is 0 Å². The summed E-state index contributed by atoms with van der Waals surface area (Å²) >= 11 is 0. The Balaban J connectivity index is 0.00000225. The van der Waals surface area contributed by atoms with Crippen LogP contribution in [0.2, 0.25) is 0 Å². The minimum absolute atomic E-state index is 0. The molecule has 0 bridgehead atoms. The fourth-order valence-corrected chi connectivity index (χ4v) is 3.92. The van der Waals surface area contributed by atoms with E-state index in [1.54, 1.807) is 0 Å². The molecule has 3 rings (SSSR count). The Labute approximate surface area is 147 Å². The Hall–Kier alpha value is -2.22. The molecule has 0 aliphatic heterocycles. The number of benzene rings is 1. The van der Waals surface area contributed by atoms with Crippen LogP contribution < -0.4 is 4.74 Å². The lowest BCUT2D eigenvalue weighted by molar-refractivity contribution is -0.140. The average molecular weight is 347 g/mol. The third-order valence-electron chi connectivity index (χ3n) is 5.47. The smallest absolute Gasteiger partial charge is 0.314 e. The third kappa shape index (κ3) is 3.73. The van der Waals surface area contributed by atoms with Crippen LogP contribution in [0, 0.1) is 40.2 Å². The number of carbonyl (C=O) groups excluding carboxylic acids is 1. The zero-order chi connectivity index (χ0) is 17.3. The summed E-state index contributed by atoms with van der Waals surface area (Å²) in [6, 6.07) is 3.20. The molecule has 5 heteroatoms. The van der Waals surface area contributed by atoms with Gasteiger partial charge < -0.3 is 4.74 Å². The van der Waals surface area contributed by atoms with E-state index < -0.39 is 23.2 Å². The van der Waals surface area contributed by atoms with Crippen molar-refractivity contribution in [3.05, 3.63) is 42.0 Å². The van der Waals surface area contributed by atoms with Gasteiger partial charge in [-0.3, -0.25) is 4.79 Å². The van der Waals surface area contributed by atoms with Gasteiger partial charge in [-0.05, 0) is 49.9 Å². The van der Waals surface area contributed by atoms with Crippen molar-refractivity contribution in [1.82, 2.24) is 0 Å². The number of halogens is 2. The predicted octanol–water partition coefficient (Wildman–Crippen LogP) is 5.15. The van der Waals surface area contributed by atoms with E-state index in [2.05, 4.69) is 6.58 Å². The lowest BCUT2D eigenvalue weighted by atomic mass is 9.78. The summed E-state index contributed by atoms with van der Waals surface area (Å²) in [7, 11) is 0. The van der Waals surface area contributed by atoms with Crippen LogP contribution >= 0.6 is 0 Å². The lowest BCUT2D eigenvalue weighted by Crippen LogP contribution is -2.27. The number of hydrogen-bond donors (Lipinski definition) is 0. The predicted molar refractivity (Wildman–Crippen MR) is 90.8 cm³/mol. The Morgan fingerprint density at radius 2 is 1.96 bits per heavy atom. The topological polar surface area (TPSA) is 50.1 Å². The zero-order valence-corrected chi connectivity index (χ0v) is 13.4. The van der Waals surface area contributed by atoms with Gasteiger partial charge in [-0.15, -0.1) is 6.58 Å². The molecule has 134 valence electrons. The van der Waals surface area contributed by atoms with E-state index in [1.165, 1.54) is 12.5 Å². The number of nitriles is 1. The van der Waals surface area contributed by atoms with Crippen LogP contribution in [0.25, 0.3) is 0 Å². The molecular weight excluding hydrogens is 324 g/mol. The second-order valence-corrected chi connectivity index (χ2v) is 6.86. The highest BCUT2D eigenvalue weighted by atomic mass is 19.1. The molecule has 0 N–H and O–H groups in total. The first-order chi connectivity index (χ1) is 11.5. The van der Waals surface area contributed by atoms with Crippen molar-refractivity contribution in [3.8, 4) is 11.8 Å². The van der Waals surface area contributed by atoms with Crippen molar-refractivity contribution >= 4 is 5.97 Å². The van der Waals surface area contributed by atoms with Crippen molar-refractivity contribution in [1.29, 1.82) is 5.26 Å². The van der Waals surface area contributed by atoms with Crippen LogP contribution in [-0.4, -0.2) is 5.97 Å². The average Bonchev–Trinajstić information content (AvgIpc) is 3.19. The summed E-state index contributed by atoms with van der Waals surface area (Å²) in [6.45, 7) is 3.78. The highest BCUT2D eigenvalue weighted by molar-refractivity contribution is 5.75. The summed E-state index contributed by atoms with van der Waals surface area (Å²) in [5.74, 6) is -2.23. The second kappa shape index (κ2) is 7.35. The summed E-state index contributed by atoms with van der Waals surface area (Å²) in [5, 5.41) is 8.65. The number of ether oxygens (including phenoxy) is 1. The highest BCUT2D eigenvalue weighted by Crippen LogP contribution is 2.63. The molecule has 0 heterocycles. The first-order valence-electron chi connectivity index (χ1n) is 8.21. The molecule has 0 amide bonds. The van der Waals surface area contributed by atoms with E-state index in [0.29, 0.717) is 11.3 Å². The summed E-state index contributed by atoms with van der Waals surface area (Å²) in [5.41, 5.74) is -0.297. The molecule has 2 aliphatic carbocycles. The molecule has 1 atom stereocenters. The molecule has 25 heavy (non-hydrogen) atoms. The highest BCUT2D eigenvalue weighted by Gasteiger charge is 2.54. The summed E-state index contributed by atoms with van der Waals surface area (Å²) < 4.78 is 32.3. The minimum atomic E-state index is -1.02. The Morgan fingerprint density at radius 3 is 2.48 bits per heavy atom. The Kier molecular flexibility index (Phi) is 5.62. The van der Waals surface area contributed by atoms with Crippen molar-refractivity contribution in [2.45, 2.75) is 46.0 Å². The molecule has 3 nitrogen and oxygen atoms in total. The summed E-state index contributed by atoms with van der Waals surface area (Å²) in [6.07, 6.45) is 7.64. The van der Waals surface area contributed by atoms with Crippen molar-refractivity contribution in [2.24, 2.45) is 17.3 Å². The van der Waals surface area contributed by atoms with Gasteiger partial charge in [0.25, 0.3) is 0 Å². The van der Waals surface area contributed by atoms with E-state index in [0.717, 1.165) is 44.2 Å². The molecule has 1 unspecified atom stereocenters. The third-order valence-corrected chi connectivity index (χ3v) is 5.47. The van der Waals surface area contributed by atoms with Gasteiger partial charge in [0.1, 0.15) is 29.0 Å². The van der Waals surface area contributed by atoms with Crippen LogP contribution in [0.5, 0.6) is 5.75 Å². The number of nitrogens with zero attached hydrogens (tertiary/aromatic N) is 1. The fraction of sp³-hybridized carbons (Fsp3) is 0.500. The second-order valence-electron chi connectivity index (χ2n) is 6.86. The number of rotatable bonds is 4.